The number of benzene rings is 4. The average Bonchev–Trinajstić information content (AvgIpc) is 3.17. The van der Waals surface area contributed by atoms with Crippen LogP contribution in [0.3, 0.4) is 0 Å². The van der Waals surface area contributed by atoms with Crippen molar-refractivity contribution in [2.75, 3.05) is 0 Å². The summed E-state index contributed by atoms with van der Waals surface area (Å²) >= 11 is 0. The Kier molecular flexibility index (Phi) is 11.3. The van der Waals surface area contributed by atoms with Crippen LogP contribution in [0.25, 0.3) is 33.6 Å². The van der Waals surface area contributed by atoms with Crippen molar-refractivity contribution >= 4 is 0 Å². The number of hydrogen-bond donors (Lipinski definition) is 0. The molecule has 2 heteroatoms. The number of para-hydroxylation sites is 1. The van der Waals surface area contributed by atoms with Gasteiger partial charge in [0.2, 0.25) is 11.4 Å². The highest BCUT2D eigenvalue weighted by Crippen LogP contribution is 2.28. The van der Waals surface area contributed by atoms with Crippen LogP contribution in [0.1, 0.15) is 97.7 Å². The van der Waals surface area contributed by atoms with Gasteiger partial charge >= 0.3 is 0 Å². The Morgan fingerprint density at radius 1 is 0.373 bits per heavy atom. The second-order valence-electron chi connectivity index (χ2n) is 14.0. The fourth-order valence-corrected chi connectivity index (χ4v) is 7.98. The molecule has 0 aliphatic heterocycles. The van der Waals surface area contributed by atoms with E-state index in [0.29, 0.717) is 0 Å². The van der Waals surface area contributed by atoms with Crippen LogP contribution in [0.2, 0.25) is 0 Å². The lowest BCUT2D eigenvalue weighted by atomic mass is 9.93. The molecule has 0 aliphatic carbocycles. The zero-order valence-electron chi connectivity index (χ0n) is 32.2. The lowest BCUT2D eigenvalue weighted by Gasteiger charge is -2.17. The van der Waals surface area contributed by atoms with Gasteiger partial charge in [-0.05, 0) is 78.6 Å². The lowest BCUT2D eigenvalue weighted by Crippen LogP contribution is -2.42. The monoisotopic (exact) mass is 672 g/mol. The first-order valence-corrected chi connectivity index (χ1v) is 19.4. The molecule has 0 N–H and O–H groups in total. The van der Waals surface area contributed by atoms with Gasteiger partial charge in [-0.15, -0.1) is 0 Å². The summed E-state index contributed by atoms with van der Waals surface area (Å²) in [5.41, 5.74) is 21.6. The van der Waals surface area contributed by atoms with Crippen molar-refractivity contribution in [2.45, 2.75) is 100 Å². The molecular weight excluding hydrogens is 617 g/mol. The van der Waals surface area contributed by atoms with Crippen LogP contribution in [0, 0.1) is 13.8 Å². The Bertz CT molecular complexity index is 2040. The zero-order chi connectivity index (χ0) is 36.1. The van der Waals surface area contributed by atoms with E-state index in [0.717, 1.165) is 44.9 Å². The maximum atomic E-state index is 2.59. The van der Waals surface area contributed by atoms with E-state index >= 15 is 0 Å². The van der Waals surface area contributed by atoms with Gasteiger partial charge in [-0.1, -0.05) is 114 Å². The summed E-state index contributed by atoms with van der Waals surface area (Å²) in [4.78, 5) is 0. The van der Waals surface area contributed by atoms with E-state index in [1.165, 1.54) is 89.8 Å². The van der Waals surface area contributed by atoms with Crippen LogP contribution >= 0.6 is 0 Å². The summed E-state index contributed by atoms with van der Waals surface area (Å²) in [5, 5.41) is 0. The number of aromatic nitrogens is 2. The highest BCUT2D eigenvalue weighted by atomic mass is 15.0. The SMILES string of the molecule is CCc1cc(Cc2ccc(-c3cc(CC)[n+](-c4c(C)cccc4C)c(CC)c3)cc2)cc(CC)c1-[n+]1c(CC)cc(-c2ccccc2)cc1CC. The van der Waals surface area contributed by atoms with E-state index < -0.39 is 0 Å². The minimum atomic E-state index is 0.932. The van der Waals surface area contributed by atoms with E-state index in [1.54, 1.807) is 0 Å². The number of hydrogen-bond acceptors (Lipinski definition) is 0. The van der Waals surface area contributed by atoms with Crippen molar-refractivity contribution in [2.24, 2.45) is 0 Å². The fraction of sp³-hybridized carbons (Fsp3) is 0.306. The van der Waals surface area contributed by atoms with Gasteiger partial charge in [0.1, 0.15) is 0 Å². The van der Waals surface area contributed by atoms with Gasteiger partial charge < -0.3 is 0 Å². The molecule has 0 saturated heterocycles. The molecule has 0 aliphatic rings. The van der Waals surface area contributed by atoms with Crippen LogP contribution in [0.5, 0.6) is 0 Å². The molecule has 6 aromatic rings. The molecule has 51 heavy (non-hydrogen) atoms. The highest BCUT2D eigenvalue weighted by Gasteiger charge is 2.27. The summed E-state index contributed by atoms with van der Waals surface area (Å²) in [6, 6.07) is 41.3. The molecule has 0 spiro atoms. The van der Waals surface area contributed by atoms with Crippen LogP contribution < -0.4 is 9.13 Å². The predicted molar refractivity (Wildman–Crippen MR) is 215 cm³/mol. The number of aryl methyl sites for hydroxylation is 8. The second kappa shape index (κ2) is 16.0. The molecule has 0 amide bonds. The summed E-state index contributed by atoms with van der Waals surface area (Å²) in [6.45, 7) is 18.2. The maximum absolute atomic E-state index is 2.59. The van der Waals surface area contributed by atoms with Crippen LogP contribution in [-0.4, -0.2) is 0 Å². The summed E-state index contributed by atoms with van der Waals surface area (Å²) in [7, 11) is 0. The summed E-state index contributed by atoms with van der Waals surface area (Å²) in [6.07, 6.45) is 6.88. The van der Waals surface area contributed by atoms with Gasteiger partial charge in [-0.2, -0.15) is 9.13 Å². The van der Waals surface area contributed by atoms with Crippen molar-refractivity contribution < 1.29 is 9.13 Å². The zero-order valence-corrected chi connectivity index (χ0v) is 32.2. The van der Waals surface area contributed by atoms with Crippen molar-refractivity contribution in [1.82, 2.24) is 0 Å². The Hall–Kier alpha value is -4.82. The van der Waals surface area contributed by atoms with Gasteiger partial charge in [-0.25, -0.2) is 0 Å². The minimum Gasteiger partial charge on any atom is -0.161 e. The minimum absolute atomic E-state index is 0.932. The Morgan fingerprint density at radius 3 is 1.24 bits per heavy atom. The molecule has 4 aromatic carbocycles. The lowest BCUT2D eigenvalue weighted by molar-refractivity contribution is -0.613. The molecule has 0 unspecified atom stereocenters. The van der Waals surface area contributed by atoms with E-state index in [1.807, 2.05) is 0 Å². The predicted octanol–water partition coefficient (Wildman–Crippen LogP) is 11.2. The van der Waals surface area contributed by atoms with Crippen molar-refractivity contribution in [3.8, 4) is 33.6 Å². The van der Waals surface area contributed by atoms with E-state index in [4.69, 9.17) is 0 Å². The first-order valence-electron chi connectivity index (χ1n) is 19.4. The van der Waals surface area contributed by atoms with Crippen molar-refractivity contribution in [3.05, 3.63) is 165 Å². The van der Waals surface area contributed by atoms with E-state index in [2.05, 4.69) is 174 Å². The molecule has 6 rings (SSSR count). The molecular formula is C49H56N2+2. The smallest absolute Gasteiger partial charge is 0.161 e. The van der Waals surface area contributed by atoms with Crippen molar-refractivity contribution in [1.29, 1.82) is 0 Å². The molecule has 0 atom stereocenters. The standard InChI is InChI=1S/C49H56N2/c1-9-38-28-37(29-39(10-2)49(38)51-46(13-5)30-42(31-47(51)14-6)40-21-16-15-17-22-40)27-36-23-25-41(26-24-36)43-32-44(11-3)50(45(12-4)33-43)48-34(7)19-18-20-35(48)8/h15-26,28-33H,9-14,27H2,1-8H3/q+2. The highest BCUT2D eigenvalue weighted by molar-refractivity contribution is 5.65. The van der Waals surface area contributed by atoms with Gasteiger partial charge in [0.15, 0.2) is 22.8 Å². The Morgan fingerprint density at radius 2 is 0.804 bits per heavy atom. The first-order chi connectivity index (χ1) is 24.8. The second-order valence-corrected chi connectivity index (χ2v) is 14.0. The topological polar surface area (TPSA) is 7.76 Å². The van der Waals surface area contributed by atoms with Crippen molar-refractivity contribution in [3.63, 3.8) is 0 Å². The average molecular weight is 673 g/mol. The molecule has 0 saturated carbocycles. The third-order valence-corrected chi connectivity index (χ3v) is 10.7. The molecule has 2 aromatic heterocycles. The third-order valence-electron chi connectivity index (χ3n) is 10.7. The quantitative estimate of drug-likeness (QED) is 0.114. The largest absolute Gasteiger partial charge is 0.217 e. The van der Waals surface area contributed by atoms with E-state index in [9.17, 15) is 0 Å². The maximum Gasteiger partial charge on any atom is 0.217 e. The molecule has 0 bridgehead atoms. The Balaban J connectivity index is 1.34. The van der Waals surface area contributed by atoms with Crippen LogP contribution in [0.15, 0.2) is 109 Å². The normalized spacial score (nSPS) is 11.3. The van der Waals surface area contributed by atoms with Crippen LogP contribution in [-0.2, 0) is 44.9 Å². The van der Waals surface area contributed by atoms with Crippen LogP contribution in [0.4, 0.5) is 0 Å². The van der Waals surface area contributed by atoms with Gasteiger partial charge in [-0.3, -0.25) is 0 Å². The first kappa shape index (κ1) is 36.0. The summed E-state index contributed by atoms with van der Waals surface area (Å²) in [5.74, 6) is 0. The molecule has 0 fully saturated rings. The molecule has 0 radical (unpaired) electrons. The number of rotatable bonds is 12. The third kappa shape index (κ3) is 7.33. The van der Waals surface area contributed by atoms with Gasteiger partial charge in [0.25, 0.3) is 0 Å². The molecule has 2 nitrogen and oxygen atoms in total. The molecule has 260 valence electrons. The molecule has 2 heterocycles. The van der Waals surface area contributed by atoms with Gasteiger partial charge in [0.05, 0.1) is 0 Å². The number of nitrogens with zero attached hydrogens (tertiary/aromatic N) is 2. The fourth-order valence-electron chi connectivity index (χ4n) is 7.98. The summed E-state index contributed by atoms with van der Waals surface area (Å²) < 4.78 is 5.09. The Labute approximate surface area is 307 Å². The number of pyridine rings is 2. The van der Waals surface area contributed by atoms with Gasteiger partial charge in [0, 0.05) is 72.2 Å². The van der Waals surface area contributed by atoms with E-state index in [-0.39, 0.29) is 0 Å².